The Hall–Kier alpha value is -0.460. The molecule has 1 aromatic rings. The lowest BCUT2D eigenvalue weighted by molar-refractivity contribution is -0.0161. The topological polar surface area (TPSA) is 61.4 Å². The third-order valence-electron chi connectivity index (χ3n) is 4.88. The number of aliphatic imine (C=N–C) groups is 1. The minimum absolute atomic E-state index is 0. The molecule has 0 radical (unpaired) electrons. The standard InChI is InChI=1S/C18H31N5O2S.HI/c1-19-18(20-12-15-14-22(2)5-10-25-15)21-13-16(17-4-3-11-26-17)23-6-8-24-9-7-23;/h3-4,11,15-16H,5-10,12-14H2,1-2H3,(H2,19,20,21);1H. The van der Waals surface area contributed by atoms with E-state index in [0.717, 1.165) is 65.0 Å². The Balaban J connectivity index is 0.00000261. The van der Waals surface area contributed by atoms with E-state index in [1.165, 1.54) is 4.88 Å². The van der Waals surface area contributed by atoms with Crippen molar-refractivity contribution in [3.05, 3.63) is 22.4 Å². The van der Waals surface area contributed by atoms with Crippen LogP contribution in [0.4, 0.5) is 0 Å². The van der Waals surface area contributed by atoms with E-state index in [0.29, 0.717) is 6.04 Å². The molecule has 2 atom stereocenters. The van der Waals surface area contributed by atoms with Crippen LogP contribution >= 0.6 is 35.3 Å². The molecule has 2 unspecified atom stereocenters. The third-order valence-corrected chi connectivity index (χ3v) is 5.86. The normalized spacial score (nSPS) is 23.5. The molecule has 7 nitrogen and oxygen atoms in total. The molecule has 0 aromatic carbocycles. The summed E-state index contributed by atoms with van der Waals surface area (Å²) in [6, 6.07) is 4.68. The van der Waals surface area contributed by atoms with Crippen LogP contribution in [0, 0.1) is 0 Å². The van der Waals surface area contributed by atoms with E-state index in [1.807, 2.05) is 18.4 Å². The Morgan fingerprint density at radius 1 is 1.30 bits per heavy atom. The number of ether oxygens (including phenoxy) is 2. The lowest BCUT2D eigenvalue weighted by Gasteiger charge is -2.34. The minimum Gasteiger partial charge on any atom is -0.379 e. The maximum atomic E-state index is 5.82. The molecule has 0 aliphatic carbocycles. The highest BCUT2D eigenvalue weighted by molar-refractivity contribution is 14.0. The smallest absolute Gasteiger partial charge is 0.191 e. The van der Waals surface area contributed by atoms with E-state index in [-0.39, 0.29) is 30.1 Å². The number of morpholine rings is 2. The second-order valence-corrected chi connectivity index (χ2v) is 7.75. The van der Waals surface area contributed by atoms with Gasteiger partial charge in [0.2, 0.25) is 0 Å². The minimum atomic E-state index is 0. The van der Waals surface area contributed by atoms with Gasteiger partial charge in [0.05, 0.1) is 32.0 Å². The van der Waals surface area contributed by atoms with Crippen molar-refractivity contribution >= 4 is 41.3 Å². The summed E-state index contributed by atoms with van der Waals surface area (Å²) in [4.78, 5) is 10.6. The van der Waals surface area contributed by atoms with Gasteiger partial charge in [-0.1, -0.05) is 6.07 Å². The second-order valence-electron chi connectivity index (χ2n) is 6.77. The Kier molecular flexibility index (Phi) is 10.3. The maximum Gasteiger partial charge on any atom is 0.191 e. The van der Waals surface area contributed by atoms with Gasteiger partial charge < -0.3 is 25.0 Å². The van der Waals surface area contributed by atoms with E-state index in [4.69, 9.17) is 9.47 Å². The molecule has 2 aliphatic rings. The van der Waals surface area contributed by atoms with Crippen LogP contribution in [-0.2, 0) is 9.47 Å². The van der Waals surface area contributed by atoms with Crippen LogP contribution in [0.5, 0.6) is 0 Å². The molecule has 2 N–H and O–H groups in total. The number of likely N-dealkylation sites (N-methyl/N-ethyl adjacent to an activating group) is 1. The fourth-order valence-corrected chi connectivity index (χ4v) is 4.26. The van der Waals surface area contributed by atoms with Gasteiger partial charge in [-0.15, -0.1) is 35.3 Å². The van der Waals surface area contributed by atoms with Crippen LogP contribution < -0.4 is 10.6 Å². The van der Waals surface area contributed by atoms with E-state index < -0.39 is 0 Å². The summed E-state index contributed by atoms with van der Waals surface area (Å²) in [6.45, 7) is 7.91. The SMILES string of the molecule is CN=C(NCC1CN(C)CCO1)NCC(c1cccs1)N1CCOCC1.I. The van der Waals surface area contributed by atoms with Crippen LogP contribution in [0.25, 0.3) is 0 Å². The van der Waals surface area contributed by atoms with Crippen LogP contribution in [0.1, 0.15) is 10.9 Å². The predicted octanol–water partition coefficient (Wildman–Crippen LogP) is 1.24. The van der Waals surface area contributed by atoms with Gasteiger partial charge >= 0.3 is 0 Å². The Morgan fingerprint density at radius 2 is 2.11 bits per heavy atom. The lowest BCUT2D eigenvalue weighted by atomic mass is 10.2. The van der Waals surface area contributed by atoms with Gasteiger partial charge in [-0.05, 0) is 18.5 Å². The van der Waals surface area contributed by atoms with Gasteiger partial charge in [-0.2, -0.15) is 0 Å². The van der Waals surface area contributed by atoms with Gasteiger partial charge in [-0.3, -0.25) is 9.89 Å². The summed E-state index contributed by atoms with van der Waals surface area (Å²) >= 11 is 1.81. The molecule has 1 aromatic heterocycles. The molecule has 2 saturated heterocycles. The first-order chi connectivity index (χ1) is 12.8. The molecular formula is C18H32IN5O2S. The third kappa shape index (κ3) is 7.13. The van der Waals surface area contributed by atoms with Crippen LogP contribution in [0.2, 0.25) is 0 Å². The fourth-order valence-electron chi connectivity index (χ4n) is 3.39. The summed E-state index contributed by atoms with van der Waals surface area (Å²) in [6.07, 6.45) is 0.208. The summed E-state index contributed by atoms with van der Waals surface area (Å²) in [5, 5.41) is 9.06. The van der Waals surface area contributed by atoms with Crippen molar-refractivity contribution in [2.45, 2.75) is 12.1 Å². The Bertz CT molecular complexity index is 554. The lowest BCUT2D eigenvalue weighted by Crippen LogP contribution is -2.50. The molecule has 3 heterocycles. The number of hydrogen-bond acceptors (Lipinski definition) is 6. The number of nitrogens with one attached hydrogen (secondary N) is 2. The number of nitrogens with zero attached hydrogens (tertiary/aromatic N) is 3. The van der Waals surface area contributed by atoms with Gasteiger partial charge in [0.25, 0.3) is 0 Å². The van der Waals surface area contributed by atoms with Gasteiger partial charge in [0.15, 0.2) is 5.96 Å². The Morgan fingerprint density at radius 3 is 2.78 bits per heavy atom. The summed E-state index contributed by atoms with van der Waals surface area (Å²) in [5.74, 6) is 0.830. The quantitative estimate of drug-likeness (QED) is 0.342. The van der Waals surface area contributed by atoms with Crippen molar-refractivity contribution in [1.82, 2.24) is 20.4 Å². The molecular weight excluding hydrogens is 477 g/mol. The van der Waals surface area contributed by atoms with Crippen LogP contribution in [0.3, 0.4) is 0 Å². The first kappa shape index (κ1) is 22.8. The molecule has 0 spiro atoms. The monoisotopic (exact) mass is 509 g/mol. The van der Waals surface area contributed by atoms with Crippen molar-refractivity contribution in [2.24, 2.45) is 4.99 Å². The molecule has 27 heavy (non-hydrogen) atoms. The van der Waals surface area contributed by atoms with Crippen LogP contribution in [0.15, 0.2) is 22.5 Å². The first-order valence-electron chi connectivity index (χ1n) is 9.36. The highest BCUT2D eigenvalue weighted by Crippen LogP contribution is 2.25. The van der Waals surface area contributed by atoms with Crippen molar-refractivity contribution in [3.63, 3.8) is 0 Å². The van der Waals surface area contributed by atoms with E-state index in [2.05, 4.69) is 50.0 Å². The number of hydrogen-bond donors (Lipinski definition) is 2. The molecule has 154 valence electrons. The van der Waals surface area contributed by atoms with Crippen molar-refractivity contribution in [1.29, 1.82) is 0 Å². The summed E-state index contributed by atoms with van der Waals surface area (Å²) < 4.78 is 11.3. The highest BCUT2D eigenvalue weighted by Gasteiger charge is 2.24. The molecule has 0 saturated carbocycles. The largest absolute Gasteiger partial charge is 0.379 e. The fraction of sp³-hybridized carbons (Fsp3) is 0.722. The van der Waals surface area contributed by atoms with Crippen molar-refractivity contribution < 1.29 is 9.47 Å². The zero-order chi connectivity index (χ0) is 18.2. The average Bonchev–Trinajstić information content (AvgIpc) is 3.20. The van der Waals surface area contributed by atoms with Crippen molar-refractivity contribution in [2.75, 3.05) is 73.2 Å². The van der Waals surface area contributed by atoms with E-state index >= 15 is 0 Å². The predicted molar refractivity (Wildman–Crippen MR) is 121 cm³/mol. The van der Waals surface area contributed by atoms with Gasteiger partial charge in [-0.25, -0.2) is 0 Å². The summed E-state index contributed by atoms with van der Waals surface area (Å²) in [7, 11) is 3.95. The number of guanidine groups is 1. The summed E-state index contributed by atoms with van der Waals surface area (Å²) in [5.41, 5.74) is 0. The van der Waals surface area contributed by atoms with Crippen LogP contribution in [-0.4, -0.2) is 95.0 Å². The number of thiophene rings is 1. The molecule has 9 heteroatoms. The molecule has 2 fully saturated rings. The highest BCUT2D eigenvalue weighted by atomic mass is 127. The Labute approximate surface area is 183 Å². The van der Waals surface area contributed by atoms with Gasteiger partial charge in [0.1, 0.15) is 0 Å². The molecule has 2 aliphatic heterocycles. The zero-order valence-corrected chi connectivity index (χ0v) is 19.4. The number of rotatable bonds is 6. The first-order valence-corrected chi connectivity index (χ1v) is 10.2. The van der Waals surface area contributed by atoms with E-state index in [9.17, 15) is 0 Å². The number of halogens is 1. The maximum absolute atomic E-state index is 5.82. The second kappa shape index (κ2) is 12.2. The average molecular weight is 509 g/mol. The molecule has 0 bridgehead atoms. The zero-order valence-electron chi connectivity index (χ0n) is 16.2. The van der Waals surface area contributed by atoms with Gasteiger partial charge in [0, 0.05) is 51.2 Å². The molecule has 0 amide bonds. The molecule has 3 rings (SSSR count). The van der Waals surface area contributed by atoms with Crippen molar-refractivity contribution in [3.8, 4) is 0 Å². The van der Waals surface area contributed by atoms with E-state index in [1.54, 1.807) is 0 Å².